The zero-order valence-corrected chi connectivity index (χ0v) is 16.7. The fraction of sp³-hybridized carbons (Fsp3) is 0.684. The Morgan fingerprint density at radius 2 is 1.92 bits per heavy atom. The molecular weight excluding hydrogens is 350 g/mol. The summed E-state index contributed by atoms with van der Waals surface area (Å²) in [6.45, 7) is 5.84. The Bertz CT molecular complexity index is 650. The highest BCUT2D eigenvalue weighted by Crippen LogP contribution is 2.23. The minimum absolute atomic E-state index is 0.107. The molecule has 1 fully saturated rings. The molecule has 1 N–H and O–H groups in total. The van der Waals surface area contributed by atoms with Crippen LogP contribution < -0.4 is 5.32 Å². The quantitative estimate of drug-likeness (QED) is 0.713. The van der Waals surface area contributed by atoms with E-state index in [1.165, 1.54) is 10.5 Å². The molecule has 0 bridgehead atoms. The van der Waals surface area contributed by atoms with Crippen LogP contribution >= 0.6 is 0 Å². The van der Waals surface area contributed by atoms with Crippen molar-refractivity contribution in [3.05, 3.63) is 24.5 Å². The number of amides is 1. The molecule has 0 atom stereocenters. The minimum atomic E-state index is -3.46. The van der Waals surface area contributed by atoms with Gasteiger partial charge in [-0.1, -0.05) is 26.7 Å². The Morgan fingerprint density at radius 1 is 1.27 bits per heavy atom. The normalized spacial score (nSPS) is 16.7. The highest BCUT2D eigenvalue weighted by molar-refractivity contribution is 7.89. The first-order valence-electron chi connectivity index (χ1n) is 9.66. The van der Waals surface area contributed by atoms with Crippen LogP contribution in [0.2, 0.25) is 0 Å². The van der Waals surface area contributed by atoms with Gasteiger partial charge in [-0.2, -0.15) is 4.31 Å². The van der Waals surface area contributed by atoms with Crippen molar-refractivity contribution in [3.8, 4) is 0 Å². The van der Waals surface area contributed by atoms with Gasteiger partial charge in [0.25, 0.3) is 0 Å². The first kappa shape index (κ1) is 20.8. The molecule has 0 saturated carbocycles. The van der Waals surface area contributed by atoms with Gasteiger partial charge >= 0.3 is 0 Å². The zero-order chi connectivity index (χ0) is 19.0. The van der Waals surface area contributed by atoms with Gasteiger partial charge in [0.1, 0.15) is 4.90 Å². The molecule has 6 nitrogen and oxygen atoms in total. The number of sulfonamides is 1. The average molecular weight is 382 g/mol. The summed E-state index contributed by atoms with van der Waals surface area (Å²) in [7, 11) is -3.46. The summed E-state index contributed by atoms with van der Waals surface area (Å²) in [6, 6.07) is 3.22. The number of piperidine rings is 1. The van der Waals surface area contributed by atoms with Crippen LogP contribution in [0.3, 0.4) is 0 Å². The highest BCUT2D eigenvalue weighted by Gasteiger charge is 2.29. The summed E-state index contributed by atoms with van der Waals surface area (Å²) in [5, 5.41) is 3.09. The molecule has 1 amide bonds. The lowest BCUT2D eigenvalue weighted by Gasteiger charge is -2.31. The van der Waals surface area contributed by atoms with Crippen molar-refractivity contribution < 1.29 is 13.2 Å². The van der Waals surface area contributed by atoms with E-state index in [9.17, 15) is 13.2 Å². The molecule has 146 valence electrons. The van der Waals surface area contributed by atoms with Gasteiger partial charge in [-0.3, -0.25) is 9.78 Å². The van der Waals surface area contributed by atoms with Crippen molar-refractivity contribution in [1.82, 2.24) is 14.6 Å². The van der Waals surface area contributed by atoms with Gasteiger partial charge in [0.15, 0.2) is 0 Å². The maximum atomic E-state index is 12.6. The van der Waals surface area contributed by atoms with Crippen molar-refractivity contribution >= 4 is 15.9 Å². The van der Waals surface area contributed by atoms with Crippen LogP contribution in [0, 0.1) is 11.8 Å². The molecule has 0 aliphatic carbocycles. The van der Waals surface area contributed by atoms with E-state index in [1.54, 1.807) is 18.3 Å². The largest absolute Gasteiger partial charge is 0.356 e. The van der Waals surface area contributed by atoms with Crippen molar-refractivity contribution in [2.75, 3.05) is 19.6 Å². The molecule has 1 aromatic rings. The van der Waals surface area contributed by atoms with Crippen LogP contribution in [0.15, 0.2) is 29.4 Å². The first-order chi connectivity index (χ1) is 12.5. The summed E-state index contributed by atoms with van der Waals surface area (Å²) in [6.07, 6.45) is 8.40. The SMILES string of the molecule is CCCC(CCC)C(=O)NCC1CCN(S(=O)(=O)c2cccnc2)CC1. The molecule has 26 heavy (non-hydrogen) atoms. The van der Waals surface area contributed by atoms with Crippen LogP contribution in [0.4, 0.5) is 0 Å². The number of rotatable bonds is 9. The summed E-state index contributed by atoms with van der Waals surface area (Å²) in [5.74, 6) is 0.596. The van der Waals surface area contributed by atoms with Gasteiger partial charge in [0, 0.05) is 37.9 Å². The lowest BCUT2D eigenvalue weighted by atomic mass is 9.95. The molecule has 1 aliphatic rings. The molecule has 0 radical (unpaired) electrons. The smallest absolute Gasteiger partial charge is 0.244 e. The number of hydrogen-bond acceptors (Lipinski definition) is 4. The molecule has 2 heterocycles. The average Bonchev–Trinajstić information content (AvgIpc) is 2.67. The summed E-state index contributed by atoms with van der Waals surface area (Å²) in [5.41, 5.74) is 0. The molecule has 0 spiro atoms. The third-order valence-electron chi connectivity index (χ3n) is 5.06. The first-order valence-corrected chi connectivity index (χ1v) is 11.1. The van der Waals surface area contributed by atoms with Gasteiger partial charge in [-0.25, -0.2) is 8.42 Å². The van der Waals surface area contributed by atoms with Crippen LogP contribution in [0.1, 0.15) is 52.4 Å². The summed E-state index contributed by atoms with van der Waals surface area (Å²) < 4.78 is 26.7. The van der Waals surface area contributed by atoms with E-state index in [2.05, 4.69) is 24.1 Å². The van der Waals surface area contributed by atoms with E-state index in [0.29, 0.717) is 25.6 Å². The van der Waals surface area contributed by atoms with Crippen molar-refractivity contribution in [2.45, 2.75) is 57.3 Å². The van der Waals surface area contributed by atoms with Gasteiger partial charge in [-0.05, 0) is 43.7 Å². The van der Waals surface area contributed by atoms with Crippen molar-refractivity contribution in [3.63, 3.8) is 0 Å². The molecule has 0 aromatic carbocycles. The fourth-order valence-electron chi connectivity index (χ4n) is 3.50. The fourth-order valence-corrected chi connectivity index (χ4v) is 4.93. The van der Waals surface area contributed by atoms with Crippen LogP contribution in [-0.2, 0) is 14.8 Å². The molecule has 1 aliphatic heterocycles. The summed E-state index contributed by atoms with van der Waals surface area (Å²) >= 11 is 0. The molecule has 1 aromatic heterocycles. The second kappa shape index (κ2) is 10.0. The van der Waals surface area contributed by atoms with E-state index in [1.807, 2.05) is 0 Å². The second-order valence-electron chi connectivity index (χ2n) is 7.06. The molecule has 7 heteroatoms. The van der Waals surface area contributed by atoms with Gasteiger partial charge in [0.05, 0.1) is 0 Å². The molecular formula is C19H31N3O3S. The highest BCUT2D eigenvalue weighted by atomic mass is 32.2. The zero-order valence-electron chi connectivity index (χ0n) is 15.9. The summed E-state index contributed by atoms with van der Waals surface area (Å²) in [4.78, 5) is 16.5. The predicted molar refractivity (Wildman–Crippen MR) is 102 cm³/mol. The lowest BCUT2D eigenvalue weighted by molar-refractivity contribution is -0.125. The van der Waals surface area contributed by atoms with E-state index >= 15 is 0 Å². The monoisotopic (exact) mass is 381 g/mol. The Kier molecular flexibility index (Phi) is 8.03. The Labute approximate surface area is 157 Å². The van der Waals surface area contributed by atoms with Gasteiger partial charge < -0.3 is 5.32 Å². The topological polar surface area (TPSA) is 79.4 Å². The minimum Gasteiger partial charge on any atom is -0.356 e. The van der Waals surface area contributed by atoms with Crippen molar-refractivity contribution in [2.24, 2.45) is 11.8 Å². The predicted octanol–water partition coefficient (Wildman–Crippen LogP) is 2.81. The molecule has 1 saturated heterocycles. The number of pyridine rings is 1. The van der Waals surface area contributed by atoms with E-state index < -0.39 is 10.0 Å². The van der Waals surface area contributed by atoms with E-state index in [4.69, 9.17) is 0 Å². The number of carbonyl (C=O) groups excluding carboxylic acids is 1. The third-order valence-corrected chi connectivity index (χ3v) is 6.94. The van der Waals surface area contributed by atoms with Crippen LogP contribution in [-0.4, -0.2) is 43.2 Å². The number of carbonyl (C=O) groups is 1. The lowest BCUT2D eigenvalue weighted by Crippen LogP contribution is -2.42. The van der Waals surface area contributed by atoms with Crippen molar-refractivity contribution in [1.29, 1.82) is 0 Å². The number of hydrogen-bond donors (Lipinski definition) is 1. The maximum Gasteiger partial charge on any atom is 0.244 e. The van der Waals surface area contributed by atoms with Gasteiger partial charge in [0.2, 0.25) is 15.9 Å². The van der Waals surface area contributed by atoms with Crippen LogP contribution in [0.25, 0.3) is 0 Å². The van der Waals surface area contributed by atoms with Crippen LogP contribution in [0.5, 0.6) is 0 Å². The van der Waals surface area contributed by atoms with E-state index in [0.717, 1.165) is 38.5 Å². The second-order valence-corrected chi connectivity index (χ2v) is 8.99. The molecule has 2 rings (SSSR count). The Balaban J connectivity index is 1.82. The standard InChI is InChI=1S/C19H31N3O3S/c1-3-6-17(7-4-2)19(23)21-14-16-9-12-22(13-10-16)26(24,25)18-8-5-11-20-15-18/h5,8,11,15-17H,3-4,6-7,9-10,12-14H2,1-2H3,(H,21,23). The number of aromatic nitrogens is 1. The van der Waals surface area contributed by atoms with Gasteiger partial charge in [-0.15, -0.1) is 0 Å². The van der Waals surface area contributed by atoms with E-state index in [-0.39, 0.29) is 16.7 Å². The number of nitrogens with zero attached hydrogens (tertiary/aromatic N) is 2. The third kappa shape index (κ3) is 5.51. The Hall–Kier alpha value is -1.47. The molecule has 0 unspecified atom stereocenters. The Morgan fingerprint density at radius 3 is 2.46 bits per heavy atom. The maximum absolute atomic E-state index is 12.6. The number of nitrogens with one attached hydrogen (secondary N) is 1.